The fourth-order valence-corrected chi connectivity index (χ4v) is 2.32. The summed E-state index contributed by atoms with van der Waals surface area (Å²) < 4.78 is 0. The van der Waals surface area contributed by atoms with E-state index in [1.807, 2.05) is 29.2 Å². The van der Waals surface area contributed by atoms with Gasteiger partial charge in [-0.2, -0.15) is 0 Å². The minimum atomic E-state index is -0.411. The molecule has 1 unspecified atom stereocenters. The van der Waals surface area contributed by atoms with Crippen LogP contribution in [0.1, 0.15) is 31.9 Å². The lowest BCUT2D eigenvalue weighted by molar-refractivity contribution is -0.119. The number of carbonyl (C=O) groups is 1. The maximum atomic E-state index is 11.9. The fraction of sp³-hybridized carbons (Fsp3) is 0.533. The predicted molar refractivity (Wildman–Crippen MR) is 76.1 cm³/mol. The SMILES string of the molecule is CC(C)CNC(=O)CN1CCC(O)c2ccccc21. The molecule has 0 radical (unpaired) electrons. The van der Waals surface area contributed by atoms with Gasteiger partial charge in [0, 0.05) is 24.3 Å². The number of nitrogens with one attached hydrogen (secondary N) is 1. The maximum absolute atomic E-state index is 11.9. The van der Waals surface area contributed by atoms with E-state index in [0.717, 1.165) is 11.3 Å². The van der Waals surface area contributed by atoms with Gasteiger partial charge in [0.2, 0.25) is 5.91 Å². The molecular weight excluding hydrogens is 240 g/mol. The quantitative estimate of drug-likeness (QED) is 0.868. The Labute approximate surface area is 114 Å². The number of hydrogen-bond acceptors (Lipinski definition) is 3. The highest BCUT2D eigenvalue weighted by Gasteiger charge is 2.24. The summed E-state index contributed by atoms with van der Waals surface area (Å²) in [5.74, 6) is 0.499. The Balaban J connectivity index is 2.02. The topological polar surface area (TPSA) is 52.6 Å². The molecule has 0 aromatic heterocycles. The van der Waals surface area contributed by atoms with Gasteiger partial charge in [0.05, 0.1) is 12.6 Å². The summed E-state index contributed by atoms with van der Waals surface area (Å²) in [6.07, 6.45) is 0.264. The van der Waals surface area contributed by atoms with Crippen LogP contribution in [0.3, 0.4) is 0 Å². The molecule has 1 aliphatic heterocycles. The van der Waals surface area contributed by atoms with Crippen molar-refractivity contribution in [1.29, 1.82) is 0 Å². The summed E-state index contributed by atoms with van der Waals surface area (Å²) in [4.78, 5) is 13.9. The Kier molecular flexibility index (Phi) is 4.43. The summed E-state index contributed by atoms with van der Waals surface area (Å²) in [5, 5.41) is 12.9. The summed E-state index contributed by atoms with van der Waals surface area (Å²) in [6, 6.07) is 7.76. The maximum Gasteiger partial charge on any atom is 0.239 e. The lowest BCUT2D eigenvalue weighted by Crippen LogP contribution is -2.41. The molecule has 4 nitrogen and oxygen atoms in total. The van der Waals surface area contributed by atoms with E-state index < -0.39 is 6.10 Å². The Bertz CT molecular complexity index is 446. The highest BCUT2D eigenvalue weighted by atomic mass is 16.3. The first-order valence-corrected chi connectivity index (χ1v) is 6.86. The second kappa shape index (κ2) is 6.06. The van der Waals surface area contributed by atoms with Crippen molar-refractivity contribution in [2.45, 2.75) is 26.4 Å². The zero-order chi connectivity index (χ0) is 13.8. The van der Waals surface area contributed by atoms with E-state index in [1.54, 1.807) is 0 Å². The highest BCUT2D eigenvalue weighted by Crippen LogP contribution is 2.32. The standard InChI is InChI=1S/C15H22N2O2/c1-11(2)9-16-15(19)10-17-8-7-14(18)12-5-3-4-6-13(12)17/h3-6,11,14,18H,7-10H2,1-2H3,(H,16,19). The van der Waals surface area contributed by atoms with E-state index in [4.69, 9.17) is 0 Å². The van der Waals surface area contributed by atoms with E-state index in [0.29, 0.717) is 32.0 Å². The van der Waals surface area contributed by atoms with E-state index >= 15 is 0 Å². The molecule has 0 saturated carbocycles. The number of anilines is 1. The molecule has 1 amide bonds. The van der Waals surface area contributed by atoms with E-state index in [9.17, 15) is 9.90 Å². The van der Waals surface area contributed by atoms with Crippen LogP contribution in [0.2, 0.25) is 0 Å². The number of para-hydroxylation sites is 1. The minimum Gasteiger partial charge on any atom is -0.388 e. The third-order valence-electron chi connectivity index (χ3n) is 3.35. The number of nitrogens with zero attached hydrogens (tertiary/aromatic N) is 1. The van der Waals surface area contributed by atoms with Crippen molar-refractivity contribution in [2.75, 3.05) is 24.5 Å². The molecule has 0 bridgehead atoms. The van der Waals surface area contributed by atoms with Crippen LogP contribution in [0.15, 0.2) is 24.3 Å². The van der Waals surface area contributed by atoms with Crippen LogP contribution in [0, 0.1) is 5.92 Å². The zero-order valence-corrected chi connectivity index (χ0v) is 11.6. The molecule has 19 heavy (non-hydrogen) atoms. The molecule has 2 N–H and O–H groups in total. The summed E-state index contributed by atoms with van der Waals surface area (Å²) in [5.41, 5.74) is 1.89. The van der Waals surface area contributed by atoms with Gasteiger partial charge in [-0.1, -0.05) is 32.0 Å². The number of carbonyl (C=O) groups excluding carboxylic acids is 1. The van der Waals surface area contributed by atoms with Crippen molar-refractivity contribution < 1.29 is 9.90 Å². The molecule has 1 aromatic rings. The molecule has 4 heteroatoms. The van der Waals surface area contributed by atoms with Crippen molar-refractivity contribution >= 4 is 11.6 Å². The van der Waals surface area contributed by atoms with Crippen LogP contribution in [-0.4, -0.2) is 30.6 Å². The monoisotopic (exact) mass is 262 g/mol. The fourth-order valence-electron chi connectivity index (χ4n) is 2.32. The molecule has 0 saturated heterocycles. The summed E-state index contributed by atoms with van der Waals surface area (Å²) in [6.45, 7) is 5.93. The van der Waals surface area contributed by atoms with Gasteiger partial charge in [-0.3, -0.25) is 4.79 Å². The van der Waals surface area contributed by atoms with E-state index in [2.05, 4.69) is 19.2 Å². The average molecular weight is 262 g/mol. The first kappa shape index (κ1) is 13.9. The number of aliphatic hydroxyl groups excluding tert-OH is 1. The molecule has 1 aliphatic rings. The zero-order valence-electron chi connectivity index (χ0n) is 11.6. The van der Waals surface area contributed by atoms with Gasteiger partial charge < -0.3 is 15.3 Å². The van der Waals surface area contributed by atoms with Crippen LogP contribution < -0.4 is 10.2 Å². The molecule has 1 aromatic carbocycles. The van der Waals surface area contributed by atoms with Gasteiger partial charge in [-0.05, 0) is 18.4 Å². The number of rotatable bonds is 4. The highest BCUT2D eigenvalue weighted by molar-refractivity contribution is 5.82. The second-order valence-electron chi connectivity index (χ2n) is 5.48. The third-order valence-corrected chi connectivity index (χ3v) is 3.35. The second-order valence-corrected chi connectivity index (χ2v) is 5.48. The Hall–Kier alpha value is -1.55. The number of hydrogen-bond donors (Lipinski definition) is 2. The number of fused-ring (bicyclic) bond motifs is 1. The molecule has 0 aliphatic carbocycles. The van der Waals surface area contributed by atoms with Crippen molar-refractivity contribution in [3.8, 4) is 0 Å². The average Bonchev–Trinajstić information content (AvgIpc) is 2.40. The lowest BCUT2D eigenvalue weighted by atomic mass is 9.99. The molecule has 2 rings (SSSR count). The van der Waals surface area contributed by atoms with E-state index in [1.165, 1.54) is 0 Å². The van der Waals surface area contributed by atoms with Crippen molar-refractivity contribution in [2.24, 2.45) is 5.92 Å². The van der Waals surface area contributed by atoms with Crippen molar-refractivity contribution in [1.82, 2.24) is 5.32 Å². The predicted octanol–water partition coefficient (Wildman–Crippen LogP) is 1.70. The van der Waals surface area contributed by atoms with Crippen molar-refractivity contribution in [3.05, 3.63) is 29.8 Å². The third kappa shape index (κ3) is 3.47. The van der Waals surface area contributed by atoms with Crippen LogP contribution in [0.4, 0.5) is 5.69 Å². The summed E-state index contributed by atoms with van der Waals surface area (Å²) in [7, 11) is 0. The number of benzene rings is 1. The molecule has 1 heterocycles. The largest absolute Gasteiger partial charge is 0.388 e. The van der Waals surface area contributed by atoms with Crippen molar-refractivity contribution in [3.63, 3.8) is 0 Å². The van der Waals surface area contributed by atoms with Crippen LogP contribution >= 0.6 is 0 Å². The number of aliphatic hydroxyl groups is 1. The van der Waals surface area contributed by atoms with Gasteiger partial charge in [-0.15, -0.1) is 0 Å². The van der Waals surface area contributed by atoms with E-state index in [-0.39, 0.29) is 5.91 Å². The molecule has 104 valence electrons. The summed E-state index contributed by atoms with van der Waals surface area (Å²) >= 11 is 0. The van der Waals surface area contributed by atoms with Gasteiger partial charge in [0.15, 0.2) is 0 Å². The lowest BCUT2D eigenvalue weighted by Gasteiger charge is -2.33. The minimum absolute atomic E-state index is 0.0416. The smallest absolute Gasteiger partial charge is 0.239 e. The molecular formula is C15H22N2O2. The van der Waals surface area contributed by atoms with Gasteiger partial charge in [0.1, 0.15) is 0 Å². The van der Waals surface area contributed by atoms with Crippen LogP contribution in [-0.2, 0) is 4.79 Å². The Morgan fingerprint density at radius 1 is 1.47 bits per heavy atom. The Morgan fingerprint density at radius 2 is 2.21 bits per heavy atom. The van der Waals surface area contributed by atoms with Gasteiger partial charge >= 0.3 is 0 Å². The number of amides is 1. The van der Waals surface area contributed by atoms with Crippen LogP contribution in [0.25, 0.3) is 0 Å². The van der Waals surface area contributed by atoms with Gasteiger partial charge in [-0.25, -0.2) is 0 Å². The molecule has 0 spiro atoms. The van der Waals surface area contributed by atoms with Crippen LogP contribution in [0.5, 0.6) is 0 Å². The Morgan fingerprint density at radius 3 is 2.95 bits per heavy atom. The first-order chi connectivity index (χ1) is 9.08. The molecule has 1 atom stereocenters. The normalized spacial score (nSPS) is 18.3. The van der Waals surface area contributed by atoms with Gasteiger partial charge in [0.25, 0.3) is 0 Å². The first-order valence-electron chi connectivity index (χ1n) is 6.86. The molecule has 0 fully saturated rings.